The quantitative estimate of drug-likeness (QED) is 0.144. The van der Waals surface area contributed by atoms with Gasteiger partial charge in [-0.25, -0.2) is 0 Å². The summed E-state index contributed by atoms with van der Waals surface area (Å²) in [6, 6.07) is 25.6. The van der Waals surface area contributed by atoms with Crippen LogP contribution in [0.2, 0.25) is 0 Å². The molecule has 0 aromatic heterocycles. The topological polar surface area (TPSA) is 49.2 Å². The molecule has 2 aliphatic rings. The van der Waals surface area contributed by atoms with E-state index in [1.54, 1.807) is 0 Å². The number of benzene rings is 3. The largest absolute Gasteiger partial charge is 0.634 e. The summed E-state index contributed by atoms with van der Waals surface area (Å²) in [7, 11) is 0. The van der Waals surface area contributed by atoms with Crippen LogP contribution in [0.25, 0.3) is 0 Å². The Morgan fingerprint density at radius 1 is 0.805 bits per heavy atom. The minimum Gasteiger partial charge on any atom is -0.634 e. The van der Waals surface area contributed by atoms with Gasteiger partial charge in [-0.2, -0.15) is 0 Å². The molecule has 2 heterocycles. The third-order valence-electron chi connectivity index (χ3n) is 8.83. The molecule has 5 rings (SSSR count). The van der Waals surface area contributed by atoms with Gasteiger partial charge in [0, 0.05) is 25.5 Å². The van der Waals surface area contributed by atoms with Crippen molar-refractivity contribution in [2.75, 3.05) is 31.2 Å². The van der Waals surface area contributed by atoms with Crippen molar-refractivity contribution in [1.82, 2.24) is 0 Å². The van der Waals surface area contributed by atoms with Gasteiger partial charge in [0.05, 0.1) is 24.5 Å². The molecule has 1 saturated heterocycles. The van der Waals surface area contributed by atoms with Gasteiger partial charge in [-0.05, 0) is 67.5 Å². The third-order valence-corrected chi connectivity index (χ3v) is 8.83. The maximum atomic E-state index is 12.7. The smallest absolute Gasteiger partial charge is 0.151 e. The van der Waals surface area contributed by atoms with Crippen molar-refractivity contribution in [3.05, 3.63) is 89.1 Å². The average Bonchev–Trinajstić information content (AvgIpc) is 3.38. The molecule has 1 unspecified atom stereocenters. The molecule has 220 valence electrons. The minimum atomic E-state index is 0.000712. The zero-order valence-electron chi connectivity index (χ0n) is 24.9. The number of nitrogens with one attached hydrogen (secondary N) is 1. The lowest BCUT2D eigenvalue weighted by molar-refractivity contribution is -0.862. The lowest BCUT2D eigenvalue weighted by atomic mass is 9.91. The molecule has 3 aromatic carbocycles. The van der Waals surface area contributed by atoms with Crippen LogP contribution in [-0.4, -0.2) is 32.3 Å². The Hall–Kier alpha value is -2.86. The number of unbranched alkanes of at least 4 members (excludes halogenated alkanes) is 7. The van der Waals surface area contributed by atoms with Crippen LogP contribution >= 0.6 is 0 Å². The van der Waals surface area contributed by atoms with Gasteiger partial charge < -0.3 is 24.6 Å². The molecule has 0 radical (unpaired) electrons. The number of hydrogen-bond acceptors (Lipinski definition) is 4. The highest BCUT2D eigenvalue weighted by atomic mass is 16.5. The summed E-state index contributed by atoms with van der Waals surface area (Å²) < 4.78 is 12.2. The van der Waals surface area contributed by atoms with E-state index in [0.717, 1.165) is 61.5 Å². The molecule has 0 amide bonds. The number of nitrogens with zero attached hydrogens (tertiary/aromatic N) is 1. The van der Waals surface area contributed by atoms with Crippen molar-refractivity contribution in [3.8, 4) is 11.5 Å². The first kappa shape index (κ1) is 29.6. The number of quaternary nitrogens is 1. The summed E-state index contributed by atoms with van der Waals surface area (Å²) in [6.07, 6.45) is 13.3. The number of hydroxylamine groups is 2. The lowest BCUT2D eigenvalue weighted by Gasteiger charge is -2.32. The second-order valence-corrected chi connectivity index (χ2v) is 11.8. The zero-order chi connectivity index (χ0) is 28.3. The van der Waals surface area contributed by atoms with E-state index in [-0.39, 0.29) is 6.04 Å². The summed E-state index contributed by atoms with van der Waals surface area (Å²) in [4.78, 5) is 2.37. The normalized spacial score (nSPS) is 19.6. The molecule has 0 spiro atoms. The molecule has 41 heavy (non-hydrogen) atoms. The molecular weight excluding hydrogens is 508 g/mol. The molecule has 5 heteroatoms. The number of ether oxygens (including phenoxy) is 2. The number of fused-ring (bicyclic) bond motifs is 2. The molecule has 2 aliphatic heterocycles. The van der Waals surface area contributed by atoms with E-state index in [1.165, 1.54) is 49.7 Å². The minimum absolute atomic E-state index is 0.000712. The standard InChI is InChI=1S/C36H48N2O3/c1-2-3-4-5-6-8-15-29-20-22-30(23-21-29)31-24-26-38(39)34(31)28-40-27-14-7-13-25-37-32-16-9-11-18-35(32)41-36-19-12-10-17-33(36)37/h9-12,16-23,31,34,38H,2-8,13-15,24-28H2,1H3/t31-,34-/m1/s1. The Balaban J connectivity index is 1.02. The SMILES string of the molecule is CCCCCCCCc1ccc([C@H]2CC[NH+]([O-])[C@@H]2COCCCCCN2c3ccccc3Oc3ccccc32)cc1. The van der Waals surface area contributed by atoms with Crippen molar-refractivity contribution >= 4 is 11.4 Å². The summed E-state index contributed by atoms with van der Waals surface area (Å²) in [5.41, 5.74) is 4.99. The molecule has 1 N–H and O–H groups in total. The van der Waals surface area contributed by atoms with Gasteiger partial charge >= 0.3 is 0 Å². The summed E-state index contributed by atoms with van der Waals surface area (Å²) in [6.45, 7) is 5.15. The van der Waals surface area contributed by atoms with Crippen molar-refractivity contribution in [1.29, 1.82) is 0 Å². The van der Waals surface area contributed by atoms with E-state index in [9.17, 15) is 5.21 Å². The number of aryl methyl sites for hydroxylation is 1. The van der Waals surface area contributed by atoms with Gasteiger partial charge in [0.1, 0.15) is 6.04 Å². The Labute approximate surface area is 247 Å². The Kier molecular flexibility index (Phi) is 11.1. The second-order valence-electron chi connectivity index (χ2n) is 11.8. The highest BCUT2D eigenvalue weighted by Crippen LogP contribution is 2.46. The van der Waals surface area contributed by atoms with Crippen LogP contribution in [0.15, 0.2) is 72.8 Å². The Bertz CT molecular complexity index is 1150. The molecule has 0 aliphatic carbocycles. The fraction of sp³-hybridized carbons (Fsp3) is 0.500. The monoisotopic (exact) mass is 556 g/mol. The number of anilines is 2. The number of para-hydroxylation sites is 4. The van der Waals surface area contributed by atoms with Gasteiger partial charge in [0.25, 0.3) is 0 Å². The molecule has 3 atom stereocenters. The predicted molar refractivity (Wildman–Crippen MR) is 168 cm³/mol. The number of rotatable bonds is 16. The van der Waals surface area contributed by atoms with Gasteiger partial charge in [-0.15, -0.1) is 0 Å². The van der Waals surface area contributed by atoms with Crippen LogP contribution in [0.5, 0.6) is 11.5 Å². The highest BCUT2D eigenvalue weighted by Gasteiger charge is 2.35. The van der Waals surface area contributed by atoms with Crippen molar-refractivity contribution in [2.45, 2.75) is 89.5 Å². The van der Waals surface area contributed by atoms with Gasteiger partial charge in [-0.3, -0.25) is 0 Å². The summed E-state index contributed by atoms with van der Waals surface area (Å²) >= 11 is 0. The maximum absolute atomic E-state index is 12.7. The first-order valence-electron chi connectivity index (χ1n) is 16.1. The van der Waals surface area contributed by atoms with Crippen LogP contribution in [-0.2, 0) is 11.2 Å². The fourth-order valence-electron chi connectivity index (χ4n) is 6.44. The summed E-state index contributed by atoms with van der Waals surface area (Å²) in [5, 5.41) is 13.1. The fourth-order valence-corrected chi connectivity index (χ4v) is 6.44. The van der Waals surface area contributed by atoms with Crippen molar-refractivity contribution in [2.24, 2.45) is 0 Å². The third kappa shape index (κ3) is 7.91. The van der Waals surface area contributed by atoms with Crippen molar-refractivity contribution < 1.29 is 14.5 Å². The highest BCUT2D eigenvalue weighted by molar-refractivity contribution is 5.77. The van der Waals surface area contributed by atoms with Crippen LogP contribution < -0.4 is 14.7 Å². The average molecular weight is 557 g/mol. The van der Waals surface area contributed by atoms with Crippen LogP contribution in [0, 0.1) is 5.21 Å². The maximum Gasteiger partial charge on any atom is 0.151 e. The van der Waals surface area contributed by atoms with E-state index >= 15 is 0 Å². The summed E-state index contributed by atoms with van der Waals surface area (Å²) in [5.74, 6) is 2.13. The van der Waals surface area contributed by atoms with E-state index in [2.05, 4.69) is 60.4 Å². The first-order valence-corrected chi connectivity index (χ1v) is 16.1. The molecular formula is C36H48N2O3. The molecule has 0 bridgehead atoms. The van der Waals surface area contributed by atoms with Gasteiger partial charge in [0.15, 0.2) is 11.5 Å². The number of hydrogen-bond donors (Lipinski definition) is 1. The predicted octanol–water partition coefficient (Wildman–Crippen LogP) is 7.96. The van der Waals surface area contributed by atoms with E-state index < -0.39 is 0 Å². The van der Waals surface area contributed by atoms with E-state index in [4.69, 9.17) is 9.47 Å². The van der Waals surface area contributed by atoms with Crippen LogP contribution in [0.3, 0.4) is 0 Å². The van der Waals surface area contributed by atoms with Gasteiger partial charge in [-0.1, -0.05) is 87.6 Å². The second kappa shape index (κ2) is 15.4. The molecule has 1 fully saturated rings. The van der Waals surface area contributed by atoms with E-state index in [0.29, 0.717) is 30.7 Å². The van der Waals surface area contributed by atoms with E-state index in [1.807, 2.05) is 24.3 Å². The van der Waals surface area contributed by atoms with Crippen molar-refractivity contribution in [3.63, 3.8) is 0 Å². The van der Waals surface area contributed by atoms with Gasteiger partial charge in [0.2, 0.25) is 0 Å². The van der Waals surface area contributed by atoms with Crippen LogP contribution in [0.4, 0.5) is 11.4 Å². The Morgan fingerprint density at radius 2 is 1.46 bits per heavy atom. The molecule has 5 nitrogen and oxygen atoms in total. The lowest BCUT2D eigenvalue weighted by Crippen LogP contribution is -3.09. The molecule has 0 saturated carbocycles. The zero-order valence-corrected chi connectivity index (χ0v) is 24.9. The first-order chi connectivity index (χ1) is 20.2. The Morgan fingerprint density at radius 3 is 2.20 bits per heavy atom. The molecule has 3 aromatic rings. The van der Waals surface area contributed by atoms with Crippen LogP contribution in [0.1, 0.15) is 88.2 Å².